The van der Waals surface area contributed by atoms with Crippen LogP contribution in [0.2, 0.25) is 0 Å². The zero-order valence-electron chi connectivity index (χ0n) is 15.6. The van der Waals surface area contributed by atoms with Gasteiger partial charge in [0.25, 0.3) is 0 Å². The van der Waals surface area contributed by atoms with Gasteiger partial charge in [0.05, 0.1) is 11.4 Å². The third-order valence-electron chi connectivity index (χ3n) is 5.61. The minimum absolute atomic E-state index is 0.167. The van der Waals surface area contributed by atoms with Gasteiger partial charge in [-0.15, -0.1) is 0 Å². The van der Waals surface area contributed by atoms with Crippen LogP contribution in [-0.4, -0.2) is 15.6 Å². The van der Waals surface area contributed by atoms with Crippen molar-refractivity contribution in [1.29, 1.82) is 0 Å². The maximum atomic E-state index is 13.6. The molecule has 0 saturated heterocycles. The van der Waals surface area contributed by atoms with E-state index in [-0.39, 0.29) is 17.5 Å². The summed E-state index contributed by atoms with van der Waals surface area (Å²) in [5, 5.41) is 8.29. The van der Waals surface area contributed by atoms with Gasteiger partial charge in [-0.25, -0.2) is 9.07 Å². The van der Waals surface area contributed by atoms with Gasteiger partial charge in [0.2, 0.25) is 0 Å². The first kappa shape index (κ1) is 16.9. The molecule has 2 heterocycles. The number of hydrogen-bond donors (Lipinski definition) is 1. The minimum atomic E-state index is -0.279. The zero-order valence-corrected chi connectivity index (χ0v) is 15.6. The van der Waals surface area contributed by atoms with Crippen LogP contribution in [0.5, 0.6) is 0 Å². The number of rotatable bonds is 2. The molecule has 0 bridgehead atoms. The Hall–Kier alpha value is -3.21. The van der Waals surface area contributed by atoms with Gasteiger partial charge in [-0.05, 0) is 49.6 Å². The number of allylic oxidation sites excluding steroid dienone is 2. The molecule has 0 saturated carbocycles. The van der Waals surface area contributed by atoms with E-state index in [1.165, 1.54) is 12.1 Å². The summed E-state index contributed by atoms with van der Waals surface area (Å²) >= 11 is 0. The van der Waals surface area contributed by atoms with Crippen molar-refractivity contribution < 1.29 is 9.18 Å². The van der Waals surface area contributed by atoms with Gasteiger partial charge in [-0.1, -0.05) is 30.3 Å². The highest BCUT2D eigenvalue weighted by molar-refractivity contribution is 6.01. The molecule has 1 atom stereocenters. The molecule has 28 heavy (non-hydrogen) atoms. The van der Waals surface area contributed by atoms with Crippen molar-refractivity contribution in [2.45, 2.75) is 32.1 Å². The fourth-order valence-corrected chi connectivity index (χ4v) is 4.37. The lowest BCUT2D eigenvalue weighted by Gasteiger charge is -2.33. The van der Waals surface area contributed by atoms with E-state index < -0.39 is 0 Å². The number of carbonyl (C=O) groups is 1. The standard InChI is InChI=1S/C23H20FN3O/c1-14-20-21(15-10-12-16(24)13-11-15)22-18(8-5-9-19(22)28)25-23(20)27(26-14)17-6-3-2-4-7-17/h2-4,6-7,10-13,21,25H,5,8-9H2,1H3/t21-/m1/s1. The average Bonchev–Trinajstić information content (AvgIpc) is 3.04. The molecule has 0 amide bonds. The molecule has 1 N–H and O–H groups in total. The molecule has 0 radical (unpaired) electrons. The van der Waals surface area contributed by atoms with Gasteiger partial charge >= 0.3 is 0 Å². The van der Waals surface area contributed by atoms with Gasteiger partial charge in [0.1, 0.15) is 11.6 Å². The van der Waals surface area contributed by atoms with Crippen LogP contribution in [0.25, 0.3) is 5.69 Å². The Kier molecular flexibility index (Phi) is 3.90. The van der Waals surface area contributed by atoms with Gasteiger partial charge < -0.3 is 5.32 Å². The summed E-state index contributed by atoms with van der Waals surface area (Å²) in [6.07, 6.45) is 2.23. The molecule has 140 valence electrons. The number of benzene rings is 2. The van der Waals surface area contributed by atoms with Crippen LogP contribution < -0.4 is 5.32 Å². The molecule has 0 unspecified atom stereocenters. The molecular formula is C23H20FN3O. The summed E-state index contributed by atoms with van der Waals surface area (Å²) < 4.78 is 15.5. The van der Waals surface area contributed by atoms with Gasteiger partial charge in [0, 0.05) is 29.2 Å². The monoisotopic (exact) mass is 373 g/mol. The summed E-state index contributed by atoms with van der Waals surface area (Å²) in [5.74, 6) is 0.558. The molecule has 5 heteroatoms. The first-order valence-corrected chi connectivity index (χ1v) is 9.57. The maximum Gasteiger partial charge on any atom is 0.161 e. The van der Waals surface area contributed by atoms with E-state index in [2.05, 4.69) is 5.32 Å². The molecule has 3 aromatic rings. The first-order valence-electron chi connectivity index (χ1n) is 9.57. The molecule has 4 nitrogen and oxygen atoms in total. The Morgan fingerprint density at radius 3 is 2.57 bits per heavy atom. The second kappa shape index (κ2) is 6.44. The van der Waals surface area contributed by atoms with Crippen LogP contribution in [0.4, 0.5) is 10.2 Å². The number of para-hydroxylation sites is 1. The zero-order chi connectivity index (χ0) is 19.3. The van der Waals surface area contributed by atoms with E-state index in [4.69, 9.17) is 5.10 Å². The van der Waals surface area contributed by atoms with Crippen molar-refractivity contribution in [2.75, 3.05) is 5.32 Å². The Bertz CT molecular complexity index is 1100. The lowest BCUT2D eigenvalue weighted by molar-refractivity contribution is -0.116. The van der Waals surface area contributed by atoms with E-state index in [0.29, 0.717) is 6.42 Å². The number of Topliss-reactive ketones (excluding diaryl/α,β-unsaturated/α-hetero) is 1. The van der Waals surface area contributed by atoms with Gasteiger partial charge in [0.15, 0.2) is 5.78 Å². The number of aryl methyl sites for hydroxylation is 1. The molecule has 1 aliphatic carbocycles. The number of hydrogen-bond acceptors (Lipinski definition) is 3. The van der Waals surface area contributed by atoms with Crippen molar-refractivity contribution in [2.24, 2.45) is 0 Å². The summed E-state index contributed by atoms with van der Waals surface area (Å²) in [6.45, 7) is 1.97. The van der Waals surface area contributed by atoms with Crippen LogP contribution in [0, 0.1) is 12.7 Å². The van der Waals surface area contributed by atoms with Crippen molar-refractivity contribution in [1.82, 2.24) is 9.78 Å². The normalized spacial score (nSPS) is 18.5. The number of ketones is 1. The van der Waals surface area contributed by atoms with E-state index in [0.717, 1.165) is 52.4 Å². The number of halogens is 1. The summed E-state index contributed by atoms with van der Waals surface area (Å²) in [4.78, 5) is 12.9. The number of nitrogens with one attached hydrogen (secondary N) is 1. The van der Waals surface area contributed by atoms with Crippen LogP contribution in [0.15, 0.2) is 65.9 Å². The van der Waals surface area contributed by atoms with E-state index in [1.54, 1.807) is 12.1 Å². The lowest BCUT2D eigenvalue weighted by atomic mass is 9.76. The highest BCUT2D eigenvalue weighted by Crippen LogP contribution is 2.47. The molecule has 5 rings (SSSR count). The summed E-state index contributed by atoms with van der Waals surface area (Å²) in [6, 6.07) is 16.4. The van der Waals surface area contributed by atoms with Crippen LogP contribution in [0.3, 0.4) is 0 Å². The Labute approximate surface area is 162 Å². The Balaban J connectivity index is 1.75. The number of anilines is 1. The maximum absolute atomic E-state index is 13.6. The highest BCUT2D eigenvalue weighted by atomic mass is 19.1. The van der Waals surface area contributed by atoms with Crippen molar-refractivity contribution in [3.05, 3.63) is 88.5 Å². The second-order valence-corrected chi connectivity index (χ2v) is 7.37. The SMILES string of the molecule is Cc1nn(-c2ccccc2)c2c1[C@@H](c1ccc(F)cc1)C1=C(CCCC1=O)N2. The lowest BCUT2D eigenvalue weighted by Crippen LogP contribution is -2.27. The highest BCUT2D eigenvalue weighted by Gasteiger charge is 2.38. The second-order valence-electron chi connectivity index (χ2n) is 7.37. The predicted octanol–water partition coefficient (Wildman–Crippen LogP) is 4.88. The molecule has 0 spiro atoms. The van der Waals surface area contributed by atoms with E-state index >= 15 is 0 Å². The Morgan fingerprint density at radius 1 is 1.07 bits per heavy atom. The minimum Gasteiger partial charge on any atom is -0.343 e. The molecule has 2 aromatic carbocycles. The van der Waals surface area contributed by atoms with Gasteiger partial charge in [-0.3, -0.25) is 4.79 Å². The topological polar surface area (TPSA) is 46.9 Å². The van der Waals surface area contributed by atoms with Gasteiger partial charge in [-0.2, -0.15) is 5.10 Å². The smallest absolute Gasteiger partial charge is 0.161 e. The first-order chi connectivity index (χ1) is 13.6. The van der Waals surface area contributed by atoms with E-state index in [9.17, 15) is 9.18 Å². The number of aromatic nitrogens is 2. The van der Waals surface area contributed by atoms with Crippen LogP contribution in [0.1, 0.15) is 42.0 Å². The average molecular weight is 373 g/mol. The molecule has 2 aliphatic rings. The van der Waals surface area contributed by atoms with Crippen LogP contribution >= 0.6 is 0 Å². The van der Waals surface area contributed by atoms with Crippen LogP contribution in [-0.2, 0) is 4.79 Å². The van der Waals surface area contributed by atoms with Crippen molar-refractivity contribution in [3.8, 4) is 5.69 Å². The van der Waals surface area contributed by atoms with Crippen molar-refractivity contribution in [3.63, 3.8) is 0 Å². The predicted molar refractivity (Wildman–Crippen MR) is 106 cm³/mol. The number of fused-ring (bicyclic) bond motifs is 1. The largest absolute Gasteiger partial charge is 0.343 e. The third kappa shape index (κ3) is 2.58. The molecule has 1 aromatic heterocycles. The molecule has 0 fully saturated rings. The molecule has 1 aliphatic heterocycles. The van der Waals surface area contributed by atoms with E-state index in [1.807, 2.05) is 41.9 Å². The summed E-state index contributed by atoms with van der Waals surface area (Å²) in [5.41, 5.74) is 5.51. The number of carbonyl (C=O) groups excluding carboxylic acids is 1. The summed E-state index contributed by atoms with van der Waals surface area (Å²) in [7, 11) is 0. The number of nitrogens with zero attached hydrogens (tertiary/aromatic N) is 2. The fraction of sp³-hybridized carbons (Fsp3) is 0.217. The third-order valence-corrected chi connectivity index (χ3v) is 5.61. The van der Waals surface area contributed by atoms with Crippen molar-refractivity contribution >= 4 is 11.6 Å². The molecular weight excluding hydrogens is 353 g/mol. The fourth-order valence-electron chi connectivity index (χ4n) is 4.37. The quantitative estimate of drug-likeness (QED) is 0.696. The Morgan fingerprint density at radius 2 is 1.82 bits per heavy atom.